The Kier molecular flexibility index (Phi) is 1.57. The van der Waals surface area contributed by atoms with E-state index in [9.17, 15) is 4.79 Å². The van der Waals surface area contributed by atoms with Gasteiger partial charge in [0.15, 0.2) is 0 Å². The number of carbonyl (C=O) groups is 1. The second-order valence-electron chi connectivity index (χ2n) is 1.28. The second-order valence-corrected chi connectivity index (χ2v) is 2.26. The van der Waals surface area contributed by atoms with Crippen molar-refractivity contribution in [2.24, 2.45) is 0 Å². The molecule has 39 valence electrons. The summed E-state index contributed by atoms with van der Waals surface area (Å²) >= 11 is 1.57. The summed E-state index contributed by atoms with van der Waals surface area (Å²) in [6.07, 6.45) is 0. The Bertz CT molecular complexity index is 75.8. The van der Waals surface area contributed by atoms with Crippen LogP contribution in [0.1, 0.15) is 0 Å². The third-order valence-electron chi connectivity index (χ3n) is 0.710. The molecule has 1 saturated heterocycles. The largest absolute Gasteiger partial charge is 0.354 e. The summed E-state index contributed by atoms with van der Waals surface area (Å²) in [5, 5.41) is 2.67. The molecule has 0 atom stereocenters. The molecule has 0 saturated carbocycles. The van der Waals surface area contributed by atoms with Gasteiger partial charge in [-0.25, -0.2) is 0 Å². The van der Waals surface area contributed by atoms with Crippen LogP contribution in [0.4, 0.5) is 0 Å². The summed E-state index contributed by atoms with van der Waals surface area (Å²) in [5.41, 5.74) is 0. The highest BCUT2D eigenvalue weighted by molar-refractivity contribution is 8.02. The summed E-state index contributed by atoms with van der Waals surface area (Å²) in [7, 11) is 0. The summed E-state index contributed by atoms with van der Waals surface area (Å²) in [6.45, 7) is 0.819. The van der Waals surface area contributed by atoms with E-state index < -0.39 is 0 Å². The minimum Gasteiger partial charge on any atom is -0.354 e. The van der Waals surface area contributed by atoms with E-state index in [1.165, 1.54) is 0 Å². The maximum absolute atomic E-state index is 10.3. The van der Waals surface area contributed by atoms with E-state index in [0.29, 0.717) is 0 Å². The van der Waals surface area contributed by atoms with Crippen molar-refractivity contribution in [1.29, 1.82) is 0 Å². The minimum absolute atomic E-state index is 0.0521. The fourth-order valence-electron chi connectivity index (χ4n) is 0.409. The first kappa shape index (κ1) is 4.97. The van der Waals surface area contributed by atoms with Gasteiger partial charge in [-0.1, -0.05) is 0 Å². The first-order valence-electron chi connectivity index (χ1n) is 2.12. The van der Waals surface area contributed by atoms with Crippen LogP contribution < -0.4 is 5.32 Å². The van der Waals surface area contributed by atoms with Crippen LogP contribution in [0.2, 0.25) is 0 Å². The molecule has 7 heavy (non-hydrogen) atoms. The van der Waals surface area contributed by atoms with Gasteiger partial charge in [-0.15, -0.1) is 11.8 Å². The molecule has 1 aliphatic heterocycles. The van der Waals surface area contributed by atoms with E-state index in [1.54, 1.807) is 17.5 Å². The van der Waals surface area contributed by atoms with E-state index in [0.717, 1.165) is 12.3 Å². The normalized spacial score (nSPS) is 21.4. The standard InChI is InChI=1S/C4H6NOS/c6-4-3-7-2-1-5-4/h3H,1-2H2,(H,5,6). The van der Waals surface area contributed by atoms with E-state index in [1.807, 2.05) is 0 Å². The quantitative estimate of drug-likeness (QED) is 0.483. The Morgan fingerprint density at radius 3 is 3.00 bits per heavy atom. The Morgan fingerprint density at radius 1 is 1.86 bits per heavy atom. The molecule has 1 heterocycles. The molecule has 0 aromatic heterocycles. The van der Waals surface area contributed by atoms with Crippen molar-refractivity contribution < 1.29 is 4.79 Å². The molecule has 1 fully saturated rings. The molecular formula is C4H6NOS. The van der Waals surface area contributed by atoms with Gasteiger partial charge in [0.1, 0.15) is 5.75 Å². The summed E-state index contributed by atoms with van der Waals surface area (Å²) in [6, 6.07) is 0. The average molecular weight is 116 g/mol. The van der Waals surface area contributed by atoms with Crippen molar-refractivity contribution in [3.05, 3.63) is 5.75 Å². The minimum atomic E-state index is 0.0521. The van der Waals surface area contributed by atoms with Gasteiger partial charge < -0.3 is 5.32 Å². The van der Waals surface area contributed by atoms with Gasteiger partial charge in [0.05, 0.1) is 0 Å². The molecule has 3 heteroatoms. The Morgan fingerprint density at radius 2 is 2.71 bits per heavy atom. The third-order valence-corrected chi connectivity index (χ3v) is 1.53. The van der Waals surface area contributed by atoms with Gasteiger partial charge in [0, 0.05) is 12.3 Å². The van der Waals surface area contributed by atoms with Gasteiger partial charge in [-0.3, -0.25) is 4.79 Å². The number of nitrogens with one attached hydrogen (secondary N) is 1. The van der Waals surface area contributed by atoms with Crippen LogP contribution in [0.3, 0.4) is 0 Å². The lowest BCUT2D eigenvalue weighted by Gasteiger charge is -2.08. The van der Waals surface area contributed by atoms with E-state index in [2.05, 4.69) is 5.32 Å². The summed E-state index contributed by atoms with van der Waals surface area (Å²) in [5.74, 6) is 2.67. The topological polar surface area (TPSA) is 29.1 Å². The number of thioether (sulfide) groups is 1. The molecule has 0 aliphatic carbocycles. The first-order valence-corrected chi connectivity index (χ1v) is 3.17. The lowest BCUT2D eigenvalue weighted by atomic mass is 10.6. The predicted molar refractivity (Wildman–Crippen MR) is 29.8 cm³/mol. The van der Waals surface area contributed by atoms with Crippen molar-refractivity contribution in [3.63, 3.8) is 0 Å². The lowest BCUT2D eigenvalue weighted by Crippen LogP contribution is -2.29. The van der Waals surface area contributed by atoms with Gasteiger partial charge in [-0.2, -0.15) is 0 Å². The molecule has 1 rings (SSSR count). The number of rotatable bonds is 0. The van der Waals surface area contributed by atoms with Crippen molar-refractivity contribution in [2.75, 3.05) is 12.3 Å². The van der Waals surface area contributed by atoms with Gasteiger partial charge in [0.25, 0.3) is 0 Å². The SMILES string of the molecule is O=C1[CH]SCCN1. The zero-order valence-corrected chi connectivity index (χ0v) is 4.62. The molecule has 0 unspecified atom stereocenters. The van der Waals surface area contributed by atoms with Crippen molar-refractivity contribution in [3.8, 4) is 0 Å². The first-order chi connectivity index (χ1) is 3.39. The molecule has 1 amide bonds. The smallest absolute Gasteiger partial charge is 0.234 e. The maximum Gasteiger partial charge on any atom is 0.234 e. The van der Waals surface area contributed by atoms with Gasteiger partial charge in [0.2, 0.25) is 5.91 Å². The highest BCUT2D eigenvalue weighted by Crippen LogP contribution is 2.06. The van der Waals surface area contributed by atoms with Crippen LogP contribution in [0, 0.1) is 5.75 Å². The Labute approximate surface area is 46.7 Å². The molecular weight excluding hydrogens is 110 g/mol. The van der Waals surface area contributed by atoms with E-state index in [-0.39, 0.29) is 5.91 Å². The van der Waals surface area contributed by atoms with Gasteiger partial charge in [-0.05, 0) is 0 Å². The number of hydrogen-bond donors (Lipinski definition) is 1. The zero-order chi connectivity index (χ0) is 5.11. The molecule has 0 aromatic rings. The van der Waals surface area contributed by atoms with Crippen LogP contribution in [-0.4, -0.2) is 18.2 Å². The van der Waals surface area contributed by atoms with Crippen molar-refractivity contribution >= 4 is 17.7 Å². The van der Waals surface area contributed by atoms with Crippen LogP contribution in [-0.2, 0) is 4.79 Å². The predicted octanol–water partition coefficient (Wildman–Crippen LogP) is 0.0112. The van der Waals surface area contributed by atoms with Crippen molar-refractivity contribution in [2.45, 2.75) is 0 Å². The molecule has 0 aromatic carbocycles. The number of amides is 1. The third kappa shape index (κ3) is 1.39. The van der Waals surface area contributed by atoms with E-state index in [4.69, 9.17) is 0 Å². The van der Waals surface area contributed by atoms with Crippen molar-refractivity contribution in [1.82, 2.24) is 5.32 Å². The van der Waals surface area contributed by atoms with Gasteiger partial charge >= 0.3 is 0 Å². The van der Waals surface area contributed by atoms with Crippen LogP contribution in [0.5, 0.6) is 0 Å². The highest BCUT2D eigenvalue weighted by Gasteiger charge is 2.05. The number of hydrogen-bond acceptors (Lipinski definition) is 2. The highest BCUT2D eigenvalue weighted by atomic mass is 32.2. The average Bonchev–Trinajstić information content (AvgIpc) is 1.69. The molecule has 0 bridgehead atoms. The number of carbonyl (C=O) groups excluding carboxylic acids is 1. The monoisotopic (exact) mass is 116 g/mol. The molecule has 1 aliphatic rings. The van der Waals surface area contributed by atoms with Crippen LogP contribution in [0.25, 0.3) is 0 Å². The summed E-state index contributed by atoms with van der Waals surface area (Å²) < 4.78 is 0. The molecule has 1 radical (unpaired) electrons. The van der Waals surface area contributed by atoms with E-state index >= 15 is 0 Å². The van der Waals surface area contributed by atoms with Crippen LogP contribution in [0.15, 0.2) is 0 Å². The Hall–Kier alpha value is -0.180. The molecule has 1 N–H and O–H groups in total. The van der Waals surface area contributed by atoms with Crippen LogP contribution >= 0.6 is 11.8 Å². The maximum atomic E-state index is 10.3. The fraction of sp³-hybridized carbons (Fsp3) is 0.500. The lowest BCUT2D eigenvalue weighted by molar-refractivity contribution is -0.117. The second kappa shape index (κ2) is 2.21. The zero-order valence-electron chi connectivity index (χ0n) is 3.81. The molecule has 0 spiro atoms. The fourth-order valence-corrected chi connectivity index (χ4v) is 0.982. The molecule has 2 nitrogen and oxygen atoms in total. The summed E-state index contributed by atoms with van der Waals surface area (Å²) in [4.78, 5) is 10.3. The Balaban J connectivity index is 2.25.